The molecule has 4 nitrogen and oxygen atoms in total. The second-order valence-electron chi connectivity index (χ2n) is 5.83. The van der Waals surface area contributed by atoms with Gasteiger partial charge in [0.05, 0.1) is 0 Å². The van der Waals surface area contributed by atoms with Crippen LogP contribution in [0, 0.1) is 6.92 Å². The molecule has 1 amide bonds. The van der Waals surface area contributed by atoms with Gasteiger partial charge in [0.15, 0.2) is 11.5 Å². The first kappa shape index (κ1) is 13.6. The van der Waals surface area contributed by atoms with Gasteiger partial charge >= 0.3 is 0 Å². The molecule has 1 heterocycles. The molecule has 0 unspecified atom stereocenters. The number of carbonyl (C=O) groups excluding carboxylic acids is 1. The minimum absolute atomic E-state index is 0.0731. The molecule has 0 fully saturated rings. The Balaban J connectivity index is 1.99. The van der Waals surface area contributed by atoms with Gasteiger partial charge in [-0.1, -0.05) is 6.07 Å². The lowest BCUT2D eigenvalue weighted by Gasteiger charge is -2.20. The summed E-state index contributed by atoms with van der Waals surface area (Å²) in [5.74, 6) is 0.738. The number of nitrogens with zero attached hydrogens (tertiary/aromatic N) is 1. The summed E-state index contributed by atoms with van der Waals surface area (Å²) in [6.45, 7) is 7.77. The summed E-state index contributed by atoms with van der Waals surface area (Å²) in [5, 5.41) is 2.96. The number of benzene rings is 1. The van der Waals surface area contributed by atoms with Gasteiger partial charge in [0.2, 0.25) is 5.91 Å². The van der Waals surface area contributed by atoms with E-state index in [2.05, 4.69) is 10.3 Å². The lowest BCUT2D eigenvalue weighted by molar-refractivity contribution is -0.122. The molecule has 0 radical (unpaired) electrons. The van der Waals surface area contributed by atoms with E-state index in [1.165, 1.54) is 0 Å². The molecule has 1 aromatic heterocycles. The van der Waals surface area contributed by atoms with Crippen LogP contribution in [0.4, 0.5) is 0 Å². The van der Waals surface area contributed by atoms with E-state index in [9.17, 15) is 4.79 Å². The van der Waals surface area contributed by atoms with E-state index in [-0.39, 0.29) is 11.4 Å². The summed E-state index contributed by atoms with van der Waals surface area (Å²) in [7, 11) is 0. The third-order valence-corrected chi connectivity index (χ3v) is 2.71. The number of aromatic nitrogens is 1. The van der Waals surface area contributed by atoms with Gasteiger partial charge in [-0.3, -0.25) is 4.79 Å². The molecule has 0 saturated heterocycles. The van der Waals surface area contributed by atoms with E-state index in [0.29, 0.717) is 18.7 Å². The minimum Gasteiger partial charge on any atom is -0.441 e. The Morgan fingerprint density at radius 3 is 2.79 bits per heavy atom. The second kappa shape index (κ2) is 5.03. The molecule has 0 aliphatic rings. The molecule has 2 rings (SSSR count). The van der Waals surface area contributed by atoms with Crippen molar-refractivity contribution in [2.45, 2.75) is 46.1 Å². The minimum atomic E-state index is -0.176. The summed E-state index contributed by atoms with van der Waals surface area (Å²) in [6.07, 6.45) is 1.20. The van der Waals surface area contributed by atoms with Gasteiger partial charge < -0.3 is 9.73 Å². The first-order valence-electron chi connectivity index (χ1n) is 6.50. The first-order valence-corrected chi connectivity index (χ1v) is 6.50. The molecule has 1 aromatic carbocycles. The SMILES string of the molecule is Cc1nc2cc(CCC(=O)NC(C)(C)C)ccc2o1. The summed E-state index contributed by atoms with van der Waals surface area (Å²) >= 11 is 0. The van der Waals surface area contributed by atoms with Gasteiger partial charge in [0.25, 0.3) is 0 Å². The molecule has 0 bridgehead atoms. The molecule has 0 spiro atoms. The topological polar surface area (TPSA) is 55.1 Å². The monoisotopic (exact) mass is 260 g/mol. The number of aryl methyl sites for hydroxylation is 2. The van der Waals surface area contributed by atoms with E-state index in [1.807, 2.05) is 45.9 Å². The molecule has 102 valence electrons. The maximum atomic E-state index is 11.8. The zero-order valence-electron chi connectivity index (χ0n) is 11.9. The smallest absolute Gasteiger partial charge is 0.220 e. The number of amides is 1. The normalized spacial score (nSPS) is 11.8. The molecule has 0 aliphatic carbocycles. The fourth-order valence-corrected chi connectivity index (χ4v) is 1.98. The van der Waals surface area contributed by atoms with Crippen LogP contribution in [0.5, 0.6) is 0 Å². The average molecular weight is 260 g/mol. The van der Waals surface area contributed by atoms with Crippen molar-refractivity contribution in [2.24, 2.45) is 0 Å². The highest BCUT2D eigenvalue weighted by atomic mass is 16.3. The number of fused-ring (bicyclic) bond motifs is 1. The van der Waals surface area contributed by atoms with Crippen LogP contribution in [0.15, 0.2) is 22.6 Å². The van der Waals surface area contributed by atoms with Crippen LogP contribution >= 0.6 is 0 Å². The molecular formula is C15H20N2O2. The van der Waals surface area contributed by atoms with E-state index < -0.39 is 0 Å². The Morgan fingerprint density at radius 2 is 2.11 bits per heavy atom. The zero-order chi connectivity index (χ0) is 14.0. The Hall–Kier alpha value is -1.84. The largest absolute Gasteiger partial charge is 0.441 e. The molecule has 0 aliphatic heterocycles. The molecule has 0 atom stereocenters. The Labute approximate surface area is 113 Å². The van der Waals surface area contributed by atoms with Crippen LogP contribution in [0.2, 0.25) is 0 Å². The number of carbonyl (C=O) groups is 1. The fraction of sp³-hybridized carbons (Fsp3) is 0.467. The van der Waals surface area contributed by atoms with E-state index in [0.717, 1.165) is 16.7 Å². The Kier molecular flexibility index (Phi) is 3.60. The van der Waals surface area contributed by atoms with Gasteiger partial charge in [0, 0.05) is 18.9 Å². The van der Waals surface area contributed by atoms with Gasteiger partial charge in [-0.25, -0.2) is 4.98 Å². The lowest BCUT2D eigenvalue weighted by atomic mass is 10.1. The van der Waals surface area contributed by atoms with Gasteiger partial charge in [-0.05, 0) is 44.9 Å². The van der Waals surface area contributed by atoms with Crippen molar-refractivity contribution in [3.05, 3.63) is 29.7 Å². The summed E-state index contributed by atoms with van der Waals surface area (Å²) in [4.78, 5) is 16.0. The fourth-order valence-electron chi connectivity index (χ4n) is 1.98. The molecule has 0 saturated carbocycles. The predicted octanol–water partition coefficient (Wildman–Crippen LogP) is 2.98. The van der Waals surface area contributed by atoms with E-state index >= 15 is 0 Å². The number of oxazole rings is 1. The standard InChI is InChI=1S/C15H20N2O2/c1-10-16-12-9-11(5-7-13(12)19-10)6-8-14(18)17-15(2,3)4/h5,7,9H,6,8H2,1-4H3,(H,17,18). The van der Waals surface area contributed by atoms with Gasteiger partial charge in [-0.2, -0.15) is 0 Å². The highest BCUT2D eigenvalue weighted by molar-refractivity contribution is 5.77. The maximum Gasteiger partial charge on any atom is 0.220 e. The summed E-state index contributed by atoms with van der Waals surface area (Å²) < 4.78 is 5.42. The molecule has 1 N–H and O–H groups in total. The van der Waals surface area contributed by atoms with E-state index in [4.69, 9.17) is 4.42 Å². The van der Waals surface area contributed by atoms with Gasteiger partial charge in [-0.15, -0.1) is 0 Å². The number of nitrogens with one attached hydrogen (secondary N) is 1. The van der Waals surface area contributed by atoms with Crippen molar-refractivity contribution >= 4 is 17.0 Å². The molecule has 4 heteroatoms. The van der Waals surface area contributed by atoms with Crippen molar-refractivity contribution in [1.82, 2.24) is 10.3 Å². The van der Waals surface area contributed by atoms with E-state index in [1.54, 1.807) is 0 Å². The average Bonchev–Trinajstić information content (AvgIpc) is 2.63. The quantitative estimate of drug-likeness (QED) is 0.923. The van der Waals surface area contributed by atoms with Crippen molar-refractivity contribution in [3.8, 4) is 0 Å². The summed E-state index contributed by atoms with van der Waals surface area (Å²) in [5.41, 5.74) is 2.57. The third-order valence-electron chi connectivity index (χ3n) is 2.71. The molecule has 2 aromatic rings. The van der Waals surface area contributed by atoms with Gasteiger partial charge in [0.1, 0.15) is 5.52 Å². The Bertz CT molecular complexity index is 594. The maximum absolute atomic E-state index is 11.8. The highest BCUT2D eigenvalue weighted by Crippen LogP contribution is 2.17. The molecule has 19 heavy (non-hydrogen) atoms. The lowest BCUT2D eigenvalue weighted by Crippen LogP contribution is -2.40. The van der Waals surface area contributed by atoms with Crippen molar-refractivity contribution in [3.63, 3.8) is 0 Å². The van der Waals surface area contributed by atoms with Crippen LogP contribution in [0.1, 0.15) is 38.6 Å². The highest BCUT2D eigenvalue weighted by Gasteiger charge is 2.13. The summed E-state index contributed by atoms with van der Waals surface area (Å²) in [6, 6.07) is 5.87. The number of hydrogen-bond donors (Lipinski definition) is 1. The second-order valence-corrected chi connectivity index (χ2v) is 5.83. The van der Waals surface area contributed by atoms with Crippen LogP contribution in [-0.2, 0) is 11.2 Å². The van der Waals surface area contributed by atoms with Crippen LogP contribution in [0.25, 0.3) is 11.1 Å². The van der Waals surface area contributed by atoms with Crippen molar-refractivity contribution in [1.29, 1.82) is 0 Å². The zero-order valence-corrected chi connectivity index (χ0v) is 11.9. The van der Waals surface area contributed by atoms with Crippen molar-refractivity contribution < 1.29 is 9.21 Å². The predicted molar refractivity (Wildman–Crippen MR) is 75.0 cm³/mol. The first-order chi connectivity index (χ1) is 8.83. The van der Waals surface area contributed by atoms with Crippen LogP contribution in [0.3, 0.4) is 0 Å². The Morgan fingerprint density at radius 1 is 1.37 bits per heavy atom. The third kappa shape index (κ3) is 3.81. The van der Waals surface area contributed by atoms with Crippen molar-refractivity contribution in [2.75, 3.05) is 0 Å². The number of rotatable bonds is 3. The number of hydrogen-bond acceptors (Lipinski definition) is 3. The van der Waals surface area contributed by atoms with Crippen LogP contribution < -0.4 is 5.32 Å². The molecular weight excluding hydrogens is 240 g/mol. The van der Waals surface area contributed by atoms with Crippen LogP contribution in [-0.4, -0.2) is 16.4 Å².